The molecule has 0 atom stereocenters. The van der Waals surface area contributed by atoms with Gasteiger partial charge in [-0.3, -0.25) is 9.59 Å². The van der Waals surface area contributed by atoms with Crippen molar-refractivity contribution in [1.29, 1.82) is 0 Å². The maximum absolute atomic E-state index is 13.6. The van der Waals surface area contributed by atoms with Crippen molar-refractivity contribution >= 4 is 33.5 Å². The molecule has 1 heterocycles. The summed E-state index contributed by atoms with van der Waals surface area (Å²) in [6.45, 7) is 3.59. The van der Waals surface area contributed by atoms with Crippen molar-refractivity contribution in [3.05, 3.63) is 54.6 Å². The van der Waals surface area contributed by atoms with Gasteiger partial charge in [-0.1, -0.05) is 30.0 Å². The fraction of sp³-hybridized carbons (Fsp3) is 0.364. The Labute approximate surface area is 181 Å². The Morgan fingerprint density at radius 2 is 1.57 bits per heavy atom. The van der Waals surface area contributed by atoms with E-state index in [1.165, 1.54) is 18.7 Å². The minimum absolute atomic E-state index is 0.0221. The van der Waals surface area contributed by atoms with E-state index in [0.717, 1.165) is 9.79 Å². The summed E-state index contributed by atoms with van der Waals surface area (Å²) in [6.07, 6.45) is 0.0442. The highest BCUT2D eigenvalue weighted by Crippen LogP contribution is 2.38. The van der Waals surface area contributed by atoms with Gasteiger partial charge in [-0.15, -0.1) is 0 Å². The minimum Gasteiger partial charge on any atom is -0.465 e. The summed E-state index contributed by atoms with van der Waals surface area (Å²) in [4.78, 5) is 28.1. The van der Waals surface area contributed by atoms with Gasteiger partial charge in [0.15, 0.2) is 14.6 Å². The maximum Gasteiger partial charge on any atom is 0.328 e. The van der Waals surface area contributed by atoms with Crippen LogP contribution in [0.3, 0.4) is 0 Å². The number of hydrogen-bond donors (Lipinski definition) is 0. The molecular weight excluding hydrogens is 422 g/mol. The second-order valence-corrected chi connectivity index (χ2v) is 10.5. The lowest BCUT2D eigenvalue weighted by Crippen LogP contribution is -2.55. The second kappa shape index (κ2) is 9.22. The number of benzene rings is 2. The topological polar surface area (TPSA) is 80.8 Å². The molecule has 1 fully saturated rings. The summed E-state index contributed by atoms with van der Waals surface area (Å²) in [7, 11) is -4.01. The quantitative estimate of drug-likeness (QED) is 0.630. The molecule has 1 saturated heterocycles. The van der Waals surface area contributed by atoms with Gasteiger partial charge in [0.05, 0.1) is 11.5 Å². The molecule has 0 aliphatic carbocycles. The zero-order valence-corrected chi connectivity index (χ0v) is 18.7. The zero-order chi connectivity index (χ0) is 21.8. The number of carbonyl (C=O) groups is 2. The largest absolute Gasteiger partial charge is 0.465 e. The molecule has 8 heteroatoms. The van der Waals surface area contributed by atoms with E-state index in [4.69, 9.17) is 4.74 Å². The SMILES string of the molecule is CCOC(=O)C1(S(=O)(=O)c2ccc(Sc3ccccc3)cc2)CCN(C(C)=O)CC1. The molecule has 160 valence electrons. The molecule has 2 aromatic rings. The van der Waals surface area contributed by atoms with Crippen LogP contribution in [-0.2, 0) is 24.2 Å². The van der Waals surface area contributed by atoms with Crippen LogP contribution >= 0.6 is 11.8 Å². The molecule has 30 heavy (non-hydrogen) atoms. The standard InChI is InChI=1S/C22H25NO5S2/c1-3-28-21(25)22(13-15-23(16-14-22)17(2)24)30(26,27)20-11-9-19(10-12-20)29-18-7-5-4-6-8-18/h4-12H,3,13-16H2,1-2H3. The molecule has 1 amide bonds. The van der Waals surface area contributed by atoms with E-state index in [1.54, 1.807) is 36.1 Å². The molecule has 0 N–H and O–H groups in total. The first-order valence-corrected chi connectivity index (χ1v) is 12.1. The summed E-state index contributed by atoms with van der Waals surface area (Å²) in [5.41, 5.74) is 0. The Kier molecular flexibility index (Phi) is 6.88. The van der Waals surface area contributed by atoms with E-state index >= 15 is 0 Å². The molecule has 6 nitrogen and oxygen atoms in total. The van der Waals surface area contributed by atoms with Gasteiger partial charge in [-0.2, -0.15) is 0 Å². The molecule has 1 aliphatic heterocycles. The molecule has 3 rings (SSSR count). The lowest BCUT2D eigenvalue weighted by molar-refractivity contribution is -0.149. The number of rotatable bonds is 6. The summed E-state index contributed by atoms with van der Waals surface area (Å²) in [6, 6.07) is 16.4. The Morgan fingerprint density at radius 3 is 2.10 bits per heavy atom. The van der Waals surface area contributed by atoms with Gasteiger partial charge in [0.2, 0.25) is 5.91 Å². The van der Waals surface area contributed by atoms with E-state index in [2.05, 4.69) is 0 Å². The van der Waals surface area contributed by atoms with Crippen LogP contribution in [0.25, 0.3) is 0 Å². The Balaban J connectivity index is 1.89. The van der Waals surface area contributed by atoms with Crippen molar-refractivity contribution in [3.63, 3.8) is 0 Å². The van der Waals surface area contributed by atoms with Crippen molar-refractivity contribution < 1.29 is 22.7 Å². The van der Waals surface area contributed by atoms with E-state index in [0.29, 0.717) is 0 Å². The molecule has 0 aromatic heterocycles. The molecule has 2 aromatic carbocycles. The summed E-state index contributed by atoms with van der Waals surface area (Å²) >= 11 is 1.53. The fourth-order valence-electron chi connectivity index (χ4n) is 3.57. The number of likely N-dealkylation sites (tertiary alicyclic amines) is 1. The van der Waals surface area contributed by atoms with Crippen molar-refractivity contribution in [3.8, 4) is 0 Å². The van der Waals surface area contributed by atoms with Crippen LogP contribution in [0, 0.1) is 0 Å². The van der Waals surface area contributed by atoms with Crippen LogP contribution < -0.4 is 0 Å². The van der Waals surface area contributed by atoms with Crippen molar-refractivity contribution in [1.82, 2.24) is 4.90 Å². The van der Waals surface area contributed by atoms with Crippen molar-refractivity contribution in [2.24, 2.45) is 0 Å². The van der Waals surface area contributed by atoms with Crippen molar-refractivity contribution in [2.75, 3.05) is 19.7 Å². The highest BCUT2D eigenvalue weighted by atomic mass is 32.2. The Hall–Kier alpha value is -2.32. The van der Waals surface area contributed by atoms with Crippen LogP contribution in [0.5, 0.6) is 0 Å². The van der Waals surface area contributed by atoms with Crippen LogP contribution in [0.2, 0.25) is 0 Å². The summed E-state index contributed by atoms with van der Waals surface area (Å²) < 4.78 is 30.6. The zero-order valence-electron chi connectivity index (χ0n) is 17.0. The van der Waals surface area contributed by atoms with Gasteiger partial charge in [-0.05, 0) is 56.2 Å². The van der Waals surface area contributed by atoms with Gasteiger partial charge < -0.3 is 9.64 Å². The van der Waals surface area contributed by atoms with Crippen LogP contribution in [0.1, 0.15) is 26.7 Å². The van der Waals surface area contributed by atoms with Crippen LogP contribution in [0.15, 0.2) is 69.3 Å². The van der Waals surface area contributed by atoms with Gasteiger partial charge in [-0.25, -0.2) is 8.42 Å². The van der Waals surface area contributed by atoms with E-state index in [1.807, 2.05) is 30.3 Å². The van der Waals surface area contributed by atoms with E-state index in [-0.39, 0.29) is 43.3 Å². The average Bonchev–Trinajstić information content (AvgIpc) is 2.75. The second-order valence-electron chi connectivity index (χ2n) is 7.11. The third-order valence-corrected chi connectivity index (χ3v) is 8.80. The lowest BCUT2D eigenvalue weighted by atomic mass is 9.95. The van der Waals surface area contributed by atoms with E-state index in [9.17, 15) is 18.0 Å². The number of nitrogens with zero attached hydrogens (tertiary/aromatic N) is 1. The molecule has 0 bridgehead atoms. The number of ether oxygens (including phenoxy) is 1. The summed E-state index contributed by atoms with van der Waals surface area (Å²) in [5.74, 6) is -0.872. The van der Waals surface area contributed by atoms with Gasteiger partial charge in [0.1, 0.15) is 0 Å². The van der Waals surface area contributed by atoms with Gasteiger partial charge in [0, 0.05) is 29.8 Å². The van der Waals surface area contributed by atoms with Gasteiger partial charge in [0.25, 0.3) is 0 Å². The normalized spacial score (nSPS) is 16.1. The first kappa shape index (κ1) is 22.4. The predicted molar refractivity (Wildman–Crippen MR) is 115 cm³/mol. The van der Waals surface area contributed by atoms with Gasteiger partial charge >= 0.3 is 5.97 Å². The van der Waals surface area contributed by atoms with E-state index < -0.39 is 20.6 Å². The average molecular weight is 448 g/mol. The van der Waals surface area contributed by atoms with Crippen molar-refractivity contribution in [2.45, 2.75) is 46.1 Å². The number of piperidine rings is 1. The first-order valence-electron chi connectivity index (χ1n) is 9.80. The van der Waals surface area contributed by atoms with Crippen LogP contribution in [-0.4, -0.2) is 49.6 Å². The van der Waals surface area contributed by atoms with Crippen LogP contribution in [0.4, 0.5) is 0 Å². The number of sulfone groups is 1. The Bertz CT molecular complexity index is 996. The smallest absolute Gasteiger partial charge is 0.328 e. The first-order chi connectivity index (χ1) is 14.3. The minimum atomic E-state index is -4.01. The lowest BCUT2D eigenvalue weighted by Gasteiger charge is -2.38. The molecular formula is C22H25NO5S2. The molecule has 0 spiro atoms. The third-order valence-electron chi connectivity index (χ3n) is 5.29. The molecule has 1 aliphatic rings. The summed E-state index contributed by atoms with van der Waals surface area (Å²) in [5, 5.41) is 0. The molecule has 0 radical (unpaired) electrons. The highest BCUT2D eigenvalue weighted by molar-refractivity contribution is 7.99. The number of amides is 1. The maximum atomic E-state index is 13.6. The predicted octanol–water partition coefficient (Wildman–Crippen LogP) is 3.56. The number of esters is 1. The monoisotopic (exact) mass is 447 g/mol. The third kappa shape index (κ3) is 4.39. The molecule has 0 unspecified atom stereocenters. The number of carbonyl (C=O) groups excluding carboxylic acids is 2. The fourth-order valence-corrected chi connectivity index (χ4v) is 6.35. The number of hydrogen-bond acceptors (Lipinski definition) is 6. The Morgan fingerprint density at radius 1 is 1.00 bits per heavy atom. The highest BCUT2D eigenvalue weighted by Gasteiger charge is 2.54. The molecule has 0 saturated carbocycles.